The Kier molecular flexibility index (Phi) is 6.08. The molecule has 0 heterocycles. The van der Waals surface area contributed by atoms with Crippen molar-refractivity contribution in [2.75, 3.05) is 20.3 Å². The second-order valence-electron chi connectivity index (χ2n) is 3.69. The van der Waals surface area contributed by atoms with Crippen molar-refractivity contribution < 1.29 is 9.84 Å². The minimum atomic E-state index is -0.181. The molecule has 0 bridgehead atoms. The molecule has 92 valence electrons. The van der Waals surface area contributed by atoms with E-state index in [1.165, 1.54) is 0 Å². The lowest BCUT2D eigenvalue weighted by atomic mass is 10.1. The molecule has 0 radical (unpaired) electrons. The molecule has 1 unspecified atom stereocenters. The smallest absolute Gasteiger partial charge is 0.122 e. The Balaban J connectivity index is 2.48. The van der Waals surface area contributed by atoms with Crippen LogP contribution in [0.4, 0.5) is 0 Å². The normalized spacial score (nSPS) is 11.8. The van der Waals surface area contributed by atoms with Crippen LogP contribution in [-0.4, -0.2) is 31.4 Å². The van der Waals surface area contributed by atoms with E-state index in [2.05, 4.69) is 11.4 Å². The molecule has 0 aliphatic rings. The molecule has 1 aromatic carbocycles. The van der Waals surface area contributed by atoms with Crippen molar-refractivity contribution in [1.29, 1.82) is 5.26 Å². The number of nitriles is 1. The molecule has 0 saturated heterocycles. The highest BCUT2D eigenvalue weighted by Gasteiger charge is 2.06. The lowest BCUT2D eigenvalue weighted by Crippen LogP contribution is -2.25. The second kappa shape index (κ2) is 7.66. The zero-order valence-electron chi connectivity index (χ0n) is 10.0. The highest BCUT2D eigenvalue weighted by atomic mass is 16.5. The van der Waals surface area contributed by atoms with Crippen LogP contribution in [0, 0.1) is 11.3 Å². The molecule has 1 rings (SSSR count). The van der Waals surface area contributed by atoms with E-state index in [0.717, 1.165) is 11.3 Å². The van der Waals surface area contributed by atoms with Crippen molar-refractivity contribution in [3.05, 3.63) is 29.8 Å². The van der Waals surface area contributed by atoms with Gasteiger partial charge in [0.2, 0.25) is 0 Å². The molecule has 4 nitrogen and oxygen atoms in total. The first-order chi connectivity index (χ1) is 8.31. The van der Waals surface area contributed by atoms with E-state index in [4.69, 9.17) is 15.1 Å². The molecule has 4 heteroatoms. The van der Waals surface area contributed by atoms with Gasteiger partial charge in [-0.1, -0.05) is 18.2 Å². The molecule has 0 spiro atoms. The van der Waals surface area contributed by atoms with Crippen molar-refractivity contribution in [1.82, 2.24) is 5.32 Å². The van der Waals surface area contributed by atoms with Gasteiger partial charge < -0.3 is 15.2 Å². The summed E-state index contributed by atoms with van der Waals surface area (Å²) in [5, 5.41) is 20.6. The van der Waals surface area contributed by atoms with Crippen LogP contribution in [0.3, 0.4) is 0 Å². The number of benzene rings is 1. The van der Waals surface area contributed by atoms with E-state index in [0.29, 0.717) is 19.4 Å². The molecule has 0 saturated carbocycles. The van der Waals surface area contributed by atoms with Crippen LogP contribution in [0.1, 0.15) is 12.0 Å². The highest BCUT2D eigenvalue weighted by molar-refractivity contribution is 5.33. The molecule has 17 heavy (non-hydrogen) atoms. The van der Waals surface area contributed by atoms with E-state index in [1.54, 1.807) is 7.05 Å². The number of para-hydroxylation sites is 1. The van der Waals surface area contributed by atoms with E-state index in [9.17, 15) is 0 Å². The molecule has 1 atom stereocenters. The van der Waals surface area contributed by atoms with Crippen LogP contribution in [0.2, 0.25) is 0 Å². The first-order valence-electron chi connectivity index (χ1n) is 5.70. The predicted octanol–water partition coefficient (Wildman–Crippen LogP) is 1.10. The summed E-state index contributed by atoms with van der Waals surface area (Å²) in [6.07, 6.45) is 1.23. The lowest BCUT2D eigenvalue weighted by Gasteiger charge is -2.12. The fraction of sp³-hybridized carbons (Fsp3) is 0.462. The Hall–Kier alpha value is -1.57. The molecule has 2 N–H and O–H groups in total. The zero-order chi connectivity index (χ0) is 12.5. The van der Waals surface area contributed by atoms with Gasteiger partial charge in [-0.15, -0.1) is 0 Å². The molecule has 0 fully saturated rings. The Morgan fingerprint density at radius 3 is 2.88 bits per heavy atom. The summed E-state index contributed by atoms with van der Waals surface area (Å²) >= 11 is 0. The predicted molar refractivity (Wildman–Crippen MR) is 65.8 cm³/mol. The fourth-order valence-corrected chi connectivity index (χ4v) is 1.53. The van der Waals surface area contributed by atoms with Crippen LogP contribution in [0.5, 0.6) is 5.75 Å². The Labute approximate surface area is 102 Å². The molecular formula is C13H18N2O2. The van der Waals surface area contributed by atoms with Gasteiger partial charge in [0.05, 0.1) is 18.7 Å². The lowest BCUT2D eigenvalue weighted by molar-refractivity contribution is 0.282. The number of hydrogen-bond acceptors (Lipinski definition) is 4. The number of aliphatic hydroxyl groups is 1. The van der Waals surface area contributed by atoms with Crippen LogP contribution in [0.15, 0.2) is 24.3 Å². The van der Waals surface area contributed by atoms with Crippen LogP contribution < -0.4 is 10.1 Å². The quantitative estimate of drug-likeness (QED) is 0.741. The molecule has 0 aliphatic heterocycles. The molecule has 0 amide bonds. The van der Waals surface area contributed by atoms with Gasteiger partial charge >= 0.3 is 0 Å². The second-order valence-corrected chi connectivity index (χ2v) is 3.69. The van der Waals surface area contributed by atoms with E-state index in [1.807, 2.05) is 24.3 Å². The van der Waals surface area contributed by atoms with E-state index in [-0.39, 0.29) is 12.6 Å². The summed E-state index contributed by atoms with van der Waals surface area (Å²) in [4.78, 5) is 0. The number of rotatable bonds is 7. The number of hydrogen-bond donors (Lipinski definition) is 2. The fourth-order valence-electron chi connectivity index (χ4n) is 1.53. The Morgan fingerprint density at radius 2 is 2.24 bits per heavy atom. The van der Waals surface area contributed by atoms with Gasteiger partial charge in [0, 0.05) is 13.0 Å². The molecule has 0 aliphatic carbocycles. The van der Waals surface area contributed by atoms with Crippen LogP contribution >= 0.6 is 0 Å². The third-order valence-corrected chi connectivity index (χ3v) is 2.52. The summed E-state index contributed by atoms with van der Waals surface area (Å²) in [7, 11) is 1.76. The highest BCUT2D eigenvalue weighted by Crippen LogP contribution is 2.18. The van der Waals surface area contributed by atoms with Gasteiger partial charge in [-0.05, 0) is 25.1 Å². The summed E-state index contributed by atoms with van der Waals surface area (Å²) in [5.41, 5.74) is 0.993. The van der Waals surface area contributed by atoms with Crippen molar-refractivity contribution >= 4 is 0 Å². The van der Waals surface area contributed by atoms with Crippen molar-refractivity contribution in [2.45, 2.75) is 18.9 Å². The maximum atomic E-state index is 8.93. The van der Waals surface area contributed by atoms with Crippen molar-refractivity contribution in [2.24, 2.45) is 0 Å². The molecule has 1 aromatic rings. The molecular weight excluding hydrogens is 216 g/mol. The maximum Gasteiger partial charge on any atom is 0.122 e. The number of nitrogens with zero attached hydrogens (tertiary/aromatic N) is 1. The van der Waals surface area contributed by atoms with E-state index >= 15 is 0 Å². The number of aliphatic hydroxyl groups excluding tert-OH is 1. The minimum Gasteiger partial charge on any atom is -0.493 e. The maximum absolute atomic E-state index is 8.93. The van der Waals surface area contributed by atoms with Gasteiger partial charge in [-0.3, -0.25) is 0 Å². The largest absolute Gasteiger partial charge is 0.493 e. The van der Waals surface area contributed by atoms with Crippen LogP contribution in [-0.2, 0) is 6.42 Å². The van der Waals surface area contributed by atoms with Gasteiger partial charge in [0.15, 0.2) is 0 Å². The topological polar surface area (TPSA) is 65.3 Å². The average Bonchev–Trinajstić information content (AvgIpc) is 2.37. The first kappa shape index (κ1) is 13.5. The third-order valence-electron chi connectivity index (χ3n) is 2.52. The van der Waals surface area contributed by atoms with Crippen LogP contribution in [0.25, 0.3) is 0 Å². The summed E-state index contributed by atoms with van der Waals surface area (Å²) in [5.74, 6) is 0.786. The molecule has 0 aromatic heterocycles. The SMILES string of the molecule is CNC(C#N)CCOc1ccccc1CCO. The van der Waals surface area contributed by atoms with Gasteiger partial charge in [0.1, 0.15) is 5.75 Å². The van der Waals surface area contributed by atoms with Gasteiger partial charge in [-0.2, -0.15) is 5.26 Å². The van der Waals surface area contributed by atoms with Gasteiger partial charge in [0.25, 0.3) is 0 Å². The van der Waals surface area contributed by atoms with Crippen molar-refractivity contribution in [3.63, 3.8) is 0 Å². The first-order valence-corrected chi connectivity index (χ1v) is 5.70. The van der Waals surface area contributed by atoms with Crippen molar-refractivity contribution in [3.8, 4) is 11.8 Å². The summed E-state index contributed by atoms with van der Waals surface area (Å²) in [6.45, 7) is 0.596. The third kappa shape index (κ3) is 4.43. The average molecular weight is 234 g/mol. The number of ether oxygens (including phenoxy) is 1. The van der Waals surface area contributed by atoms with E-state index < -0.39 is 0 Å². The Bertz CT molecular complexity index is 374. The minimum absolute atomic E-state index is 0.109. The summed E-state index contributed by atoms with van der Waals surface area (Å²) in [6, 6.07) is 9.60. The summed E-state index contributed by atoms with van der Waals surface area (Å²) < 4.78 is 5.62. The monoisotopic (exact) mass is 234 g/mol. The standard InChI is InChI=1S/C13H18N2O2/c1-15-12(10-14)7-9-17-13-5-3-2-4-11(13)6-8-16/h2-5,12,15-16H,6-9H2,1H3. The van der Waals surface area contributed by atoms with Gasteiger partial charge in [-0.25, -0.2) is 0 Å². The number of nitrogens with one attached hydrogen (secondary N) is 1. The Morgan fingerprint density at radius 1 is 1.47 bits per heavy atom. The zero-order valence-corrected chi connectivity index (χ0v) is 10.0.